The van der Waals surface area contributed by atoms with E-state index >= 15 is 0 Å². The summed E-state index contributed by atoms with van der Waals surface area (Å²) in [7, 11) is 0. The van der Waals surface area contributed by atoms with E-state index in [9.17, 15) is 39.4 Å². The van der Waals surface area contributed by atoms with Crippen LogP contribution in [0.2, 0.25) is 0 Å². The Morgan fingerprint density at radius 3 is 2.19 bits per heavy atom. The number of nitro benzene ring substituents is 2. The molecule has 4 rings (SSSR count). The number of benzene rings is 2. The normalized spacial score (nSPS) is 21.1. The maximum Gasteiger partial charge on any atom is 0.273 e. The number of carbonyl (C=O) groups is 4. The molecule has 0 radical (unpaired) electrons. The first-order valence-electron chi connectivity index (χ1n) is 11.3. The minimum absolute atomic E-state index is 0.0302. The fraction of sp³-hybridized carbons (Fsp3) is 0.333. The van der Waals surface area contributed by atoms with Crippen LogP contribution in [0.4, 0.5) is 11.4 Å². The highest BCUT2D eigenvalue weighted by Gasteiger charge is 2.52. The van der Waals surface area contributed by atoms with Gasteiger partial charge in [0, 0.05) is 35.4 Å². The summed E-state index contributed by atoms with van der Waals surface area (Å²) in [6, 6.07) is 9.45. The number of rotatable bonds is 7. The van der Waals surface area contributed by atoms with E-state index in [0.29, 0.717) is 17.9 Å². The Kier molecular flexibility index (Phi) is 6.60. The summed E-state index contributed by atoms with van der Waals surface area (Å²) in [6.45, 7) is 1.26. The lowest BCUT2D eigenvalue weighted by Crippen LogP contribution is -2.52. The van der Waals surface area contributed by atoms with Crippen LogP contribution < -0.4 is 0 Å². The SMILES string of the molecule is C[C@@H]1CC[C@H]2C(=O)N(N(CC(=O)c3ccc([N+](=O)[O-])cc3)C(=O)c3cccc([N+](=O)[O-])c3)C(=O)[C@H]2C1. The van der Waals surface area contributed by atoms with Crippen molar-refractivity contribution in [1.29, 1.82) is 0 Å². The van der Waals surface area contributed by atoms with Gasteiger partial charge in [-0.1, -0.05) is 13.0 Å². The molecule has 186 valence electrons. The Hall–Kier alpha value is -4.48. The van der Waals surface area contributed by atoms with Crippen molar-refractivity contribution in [3.63, 3.8) is 0 Å². The van der Waals surface area contributed by atoms with E-state index in [1.165, 1.54) is 30.3 Å². The molecule has 0 N–H and O–H groups in total. The molecule has 0 unspecified atom stereocenters. The zero-order valence-electron chi connectivity index (χ0n) is 19.2. The molecule has 0 bridgehead atoms. The van der Waals surface area contributed by atoms with Gasteiger partial charge in [-0.15, -0.1) is 0 Å². The van der Waals surface area contributed by atoms with Crippen molar-refractivity contribution in [3.05, 3.63) is 79.9 Å². The van der Waals surface area contributed by atoms with Gasteiger partial charge >= 0.3 is 0 Å². The Bertz CT molecular complexity index is 1280. The third-order valence-corrected chi connectivity index (χ3v) is 6.64. The van der Waals surface area contributed by atoms with Gasteiger partial charge in [-0.3, -0.25) is 39.4 Å². The molecule has 12 heteroatoms. The van der Waals surface area contributed by atoms with Crippen molar-refractivity contribution in [2.24, 2.45) is 17.8 Å². The first kappa shape index (κ1) is 24.6. The van der Waals surface area contributed by atoms with Crippen molar-refractivity contribution in [3.8, 4) is 0 Å². The highest BCUT2D eigenvalue weighted by molar-refractivity contribution is 6.09. The second-order valence-corrected chi connectivity index (χ2v) is 9.02. The fourth-order valence-corrected chi connectivity index (χ4v) is 4.74. The molecule has 3 atom stereocenters. The summed E-state index contributed by atoms with van der Waals surface area (Å²) in [6.07, 6.45) is 1.69. The Labute approximate surface area is 204 Å². The van der Waals surface area contributed by atoms with Gasteiger partial charge in [-0.2, -0.15) is 5.01 Å². The van der Waals surface area contributed by atoms with Crippen molar-refractivity contribution in [2.45, 2.75) is 26.2 Å². The number of non-ortho nitro benzene ring substituents is 2. The van der Waals surface area contributed by atoms with Crippen LogP contribution in [0, 0.1) is 38.0 Å². The predicted molar refractivity (Wildman–Crippen MR) is 123 cm³/mol. The lowest BCUT2D eigenvalue weighted by molar-refractivity contribution is -0.385. The standard InChI is InChI=1S/C24H22N4O8/c1-14-5-10-19-20(11-14)24(32)26(23(19)31)25(22(30)16-3-2-4-18(12-16)28(35)36)13-21(29)15-6-8-17(9-7-15)27(33)34/h2-4,6-9,12,14,19-20H,5,10-11,13H2,1H3/t14-,19-,20+/m1/s1. The molecule has 12 nitrogen and oxygen atoms in total. The second-order valence-electron chi connectivity index (χ2n) is 9.02. The van der Waals surface area contributed by atoms with E-state index in [-0.39, 0.29) is 28.4 Å². The molecule has 1 heterocycles. The maximum atomic E-state index is 13.5. The maximum absolute atomic E-state index is 13.5. The van der Waals surface area contributed by atoms with Gasteiger partial charge in [0.1, 0.15) is 6.54 Å². The second kappa shape index (κ2) is 9.64. The smallest absolute Gasteiger partial charge is 0.273 e. The van der Waals surface area contributed by atoms with E-state index < -0.39 is 51.7 Å². The van der Waals surface area contributed by atoms with Crippen LogP contribution in [0.15, 0.2) is 48.5 Å². The van der Waals surface area contributed by atoms with Gasteiger partial charge in [0.05, 0.1) is 21.7 Å². The lowest BCUT2D eigenvalue weighted by atomic mass is 9.76. The molecule has 1 saturated carbocycles. The predicted octanol–water partition coefficient (Wildman–Crippen LogP) is 3.16. The van der Waals surface area contributed by atoms with Crippen molar-refractivity contribution < 1.29 is 29.0 Å². The van der Waals surface area contributed by atoms with E-state index in [1.807, 2.05) is 6.92 Å². The number of nitrogens with zero attached hydrogens (tertiary/aromatic N) is 4. The van der Waals surface area contributed by atoms with Gasteiger partial charge in [0.25, 0.3) is 29.1 Å². The summed E-state index contributed by atoms with van der Waals surface area (Å²) in [5.74, 6) is -3.79. The number of fused-ring (bicyclic) bond motifs is 1. The summed E-state index contributed by atoms with van der Waals surface area (Å²) in [5.41, 5.74) is -0.754. The van der Waals surface area contributed by atoms with Crippen LogP contribution in [0.5, 0.6) is 0 Å². The van der Waals surface area contributed by atoms with E-state index in [4.69, 9.17) is 0 Å². The molecular formula is C24H22N4O8. The van der Waals surface area contributed by atoms with Crippen LogP contribution in [-0.2, 0) is 9.59 Å². The Balaban J connectivity index is 1.70. The summed E-state index contributed by atoms with van der Waals surface area (Å²) in [4.78, 5) is 73.9. The van der Waals surface area contributed by atoms with Crippen molar-refractivity contribution in [2.75, 3.05) is 6.54 Å². The molecule has 1 aliphatic heterocycles. The average Bonchev–Trinajstić information content (AvgIpc) is 3.11. The highest BCUT2D eigenvalue weighted by atomic mass is 16.6. The summed E-state index contributed by atoms with van der Waals surface area (Å²) >= 11 is 0. The quantitative estimate of drug-likeness (QED) is 0.245. The van der Waals surface area contributed by atoms with Crippen LogP contribution in [0.3, 0.4) is 0 Å². The number of imide groups is 1. The van der Waals surface area contributed by atoms with Crippen LogP contribution >= 0.6 is 0 Å². The number of carbonyl (C=O) groups excluding carboxylic acids is 4. The third kappa shape index (κ3) is 4.57. The Morgan fingerprint density at radius 2 is 1.56 bits per heavy atom. The average molecular weight is 494 g/mol. The minimum Gasteiger partial charge on any atom is -0.292 e. The van der Waals surface area contributed by atoms with Gasteiger partial charge in [-0.25, -0.2) is 5.01 Å². The molecule has 1 aliphatic carbocycles. The van der Waals surface area contributed by atoms with Crippen LogP contribution in [0.25, 0.3) is 0 Å². The molecule has 1 saturated heterocycles. The number of hydrogen-bond acceptors (Lipinski definition) is 8. The Morgan fingerprint density at radius 1 is 0.917 bits per heavy atom. The molecule has 36 heavy (non-hydrogen) atoms. The number of hydrazine groups is 1. The molecule has 0 aromatic heterocycles. The monoisotopic (exact) mass is 494 g/mol. The number of hydrogen-bond donors (Lipinski definition) is 0. The largest absolute Gasteiger partial charge is 0.292 e. The number of ketones is 1. The number of amides is 3. The van der Waals surface area contributed by atoms with E-state index in [0.717, 1.165) is 29.6 Å². The number of nitro groups is 2. The van der Waals surface area contributed by atoms with E-state index in [2.05, 4.69) is 0 Å². The molecule has 2 fully saturated rings. The lowest BCUT2D eigenvalue weighted by Gasteiger charge is -2.30. The van der Waals surface area contributed by atoms with E-state index in [1.54, 1.807) is 0 Å². The first-order chi connectivity index (χ1) is 17.1. The number of Topliss-reactive ketones (excluding diaryl/α,β-unsaturated/α-hetero) is 1. The van der Waals surface area contributed by atoms with Crippen molar-refractivity contribution in [1.82, 2.24) is 10.0 Å². The molecule has 2 aliphatic rings. The van der Waals surface area contributed by atoms with Gasteiger partial charge in [-0.05, 0) is 43.4 Å². The highest BCUT2D eigenvalue weighted by Crippen LogP contribution is 2.41. The topological polar surface area (TPSA) is 161 Å². The molecule has 2 aromatic rings. The van der Waals surface area contributed by atoms with Gasteiger partial charge < -0.3 is 0 Å². The van der Waals surface area contributed by atoms with Gasteiger partial charge in [0.15, 0.2) is 5.78 Å². The summed E-state index contributed by atoms with van der Waals surface area (Å²) < 4.78 is 0. The third-order valence-electron chi connectivity index (χ3n) is 6.64. The fourth-order valence-electron chi connectivity index (χ4n) is 4.74. The molecular weight excluding hydrogens is 472 g/mol. The molecule has 2 aromatic carbocycles. The van der Waals surface area contributed by atoms with Crippen molar-refractivity contribution >= 4 is 34.9 Å². The molecule has 3 amide bonds. The zero-order chi connectivity index (χ0) is 26.1. The molecule has 0 spiro atoms. The minimum atomic E-state index is -0.928. The van der Waals surface area contributed by atoms with Gasteiger partial charge in [0.2, 0.25) is 0 Å². The zero-order valence-corrected chi connectivity index (χ0v) is 19.2. The first-order valence-corrected chi connectivity index (χ1v) is 11.3. The summed E-state index contributed by atoms with van der Waals surface area (Å²) in [5, 5.41) is 23.6. The van der Waals surface area contributed by atoms with Crippen LogP contribution in [-0.4, -0.2) is 49.9 Å². The van der Waals surface area contributed by atoms with Crippen LogP contribution in [0.1, 0.15) is 46.9 Å².